The molecule has 200 valence electrons. The maximum atomic E-state index is 14.6. The molecule has 3 fully saturated rings. The number of anilines is 1. The lowest BCUT2D eigenvalue weighted by Gasteiger charge is -2.46. The van der Waals surface area contributed by atoms with E-state index in [9.17, 15) is 18.4 Å². The normalized spacial score (nSPS) is 28.3. The second-order valence-corrected chi connectivity index (χ2v) is 12.7. The van der Waals surface area contributed by atoms with Crippen molar-refractivity contribution in [3.8, 4) is 6.07 Å². The van der Waals surface area contributed by atoms with Gasteiger partial charge < -0.3 is 14.6 Å². The third kappa shape index (κ3) is 3.77. The first-order chi connectivity index (χ1) is 17.8. The Morgan fingerprint density at radius 1 is 1.11 bits per heavy atom. The monoisotopic (exact) mass is 524 g/mol. The van der Waals surface area contributed by atoms with Crippen molar-refractivity contribution < 1.29 is 17.6 Å². The first-order valence-corrected chi connectivity index (χ1v) is 13.0. The number of rotatable bonds is 4. The highest BCUT2D eigenvalue weighted by Crippen LogP contribution is 2.75. The number of hydrogen-bond acceptors (Lipinski definition) is 7. The predicted octanol–water partition coefficient (Wildman–Crippen LogP) is 5.30. The van der Waals surface area contributed by atoms with Crippen LogP contribution in [-0.4, -0.2) is 45.5 Å². The molecule has 3 aliphatic rings. The number of nitrogens with one attached hydrogen (secondary N) is 1. The summed E-state index contributed by atoms with van der Waals surface area (Å²) in [7, 11) is 0. The number of benzene rings is 1. The van der Waals surface area contributed by atoms with Crippen LogP contribution in [0.3, 0.4) is 0 Å². The maximum absolute atomic E-state index is 14.6. The van der Waals surface area contributed by atoms with Crippen molar-refractivity contribution in [1.82, 2.24) is 20.5 Å². The van der Waals surface area contributed by atoms with Crippen LogP contribution in [0.4, 0.5) is 18.9 Å². The van der Waals surface area contributed by atoms with Gasteiger partial charge in [0.05, 0.1) is 16.5 Å². The largest absolute Gasteiger partial charge is 0.425 e. The molecule has 1 aliphatic carbocycles. The minimum atomic E-state index is -4.43. The number of piperidine rings is 2. The van der Waals surface area contributed by atoms with Crippen LogP contribution in [-0.2, 0) is 11.8 Å². The van der Waals surface area contributed by atoms with Crippen molar-refractivity contribution >= 4 is 16.6 Å². The number of fused-ring (bicyclic) bond motifs is 2. The molecule has 6 rings (SSSR count). The van der Waals surface area contributed by atoms with Gasteiger partial charge in [-0.15, -0.1) is 10.2 Å². The summed E-state index contributed by atoms with van der Waals surface area (Å²) in [5.74, 6) is 0.773. The van der Waals surface area contributed by atoms with Crippen molar-refractivity contribution in [3.05, 3.63) is 47.8 Å². The van der Waals surface area contributed by atoms with Gasteiger partial charge in [0.25, 0.3) is 0 Å². The van der Waals surface area contributed by atoms with Crippen molar-refractivity contribution in [2.75, 3.05) is 18.0 Å². The highest BCUT2D eigenvalue weighted by atomic mass is 19.4. The Balaban J connectivity index is 1.32. The average molecular weight is 525 g/mol. The molecule has 0 spiro atoms. The first kappa shape index (κ1) is 25.1. The van der Waals surface area contributed by atoms with E-state index in [4.69, 9.17) is 4.42 Å². The average Bonchev–Trinajstić information content (AvgIpc) is 3.11. The molecule has 3 aromatic rings. The summed E-state index contributed by atoms with van der Waals surface area (Å²) >= 11 is 0. The molecule has 1 saturated carbocycles. The summed E-state index contributed by atoms with van der Waals surface area (Å²) in [5.41, 5.74) is -1.85. The zero-order chi connectivity index (χ0) is 27.1. The molecule has 2 saturated heterocycles. The summed E-state index contributed by atoms with van der Waals surface area (Å²) < 4.78 is 49.9. The molecule has 0 bridgehead atoms. The Morgan fingerprint density at radius 3 is 2.53 bits per heavy atom. The second kappa shape index (κ2) is 7.92. The number of nitrogens with zero attached hydrogens (tertiary/aromatic N) is 5. The van der Waals surface area contributed by atoms with E-state index in [1.165, 1.54) is 0 Å². The van der Waals surface area contributed by atoms with E-state index in [-0.39, 0.29) is 42.4 Å². The van der Waals surface area contributed by atoms with E-state index in [1.807, 2.05) is 0 Å². The summed E-state index contributed by atoms with van der Waals surface area (Å²) in [6.45, 7) is 8.55. The third-order valence-corrected chi connectivity index (χ3v) is 8.68. The lowest BCUT2D eigenvalue weighted by atomic mass is 9.75. The van der Waals surface area contributed by atoms with Crippen LogP contribution in [0.1, 0.15) is 64.3 Å². The Bertz CT molecular complexity index is 1440. The van der Waals surface area contributed by atoms with E-state index in [0.717, 1.165) is 12.8 Å². The number of alkyl halides is 3. The van der Waals surface area contributed by atoms with Crippen molar-refractivity contribution in [2.45, 2.75) is 76.0 Å². The zero-order valence-corrected chi connectivity index (χ0v) is 22.0. The van der Waals surface area contributed by atoms with Crippen LogP contribution >= 0.6 is 0 Å². The highest BCUT2D eigenvalue weighted by Gasteiger charge is 2.86. The van der Waals surface area contributed by atoms with Gasteiger partial charge in [0.1, 0.15) is 11.5 Å². The van der Waals surface area contributed by atoms with Gasteiger partial charge in [0, 0.05) is 47.9 Å². The molecule has 1 N–H and O–H groups in total. The van der Waals surface area contributed by atoms with Crippen LogP contribution in [0.15, 0.2) is 34.9 Å². The molecule has 0 unspecified atom stereocenters. The van der Waals surface area contributed by atoms with Gasteiger partial charge in [-0.2, -0.15) is 18.4 Å². The van der Waals surface area contributed by atoms with Crippen LogP contribution < -0.4 is 10.2 Å². The highest BCUT2D eigenvalue weighted by molar-refractivity contribution is 5.95. The van der Waals surface area contributed by atoms with E-state index in [0.29, 0.717) is 34.5 Å². The Labute approximate surface area is 219 Å². The van der Waals surface area contributed by atoms with E-state index in [1.54, 1.807) is 35.4 Å². The Hall–Kier alpha value is -3.19. The number of nitriles is 1. The Kier molecular flexibility index (Phi) is 5.23. The minimum absolute atomic E-state index is 0.0550. The molecule has 7 nitrogen and oxygen atoms in total. The molecule has 0 amide bonds. The van der Waals surface area contributed by atoms with Crippen molar-refractivity contribution in [1.29, 1.82) is 5.26 Å². The van der Waals surface area contributed by atoms with Gasteiger partial charge in [-0.3, -0.25) is 4.98 Å². The fourth-order valence-electron chi connectivity index (χ4n) is 7.55. The predicted molar refractivity (Wildman–Crippen MR) is 135 cm³/mol. The molecule has 2 atom stereocenters. The summed E-state index contributed by atoms with van der Waals surface area (Å²) in [6, 6.07) is 8.97. The summed E-state index contributed by atoms with van der Waals surface area (Å²) in [5, 5.41) is 22.2. The quantitative estimate of drug-likeness (QED) is 0.495. The zero-order valence-electron chi connectivity index (χ0n) is 22.0. The summed E-state index contributed by atoms with van der Waals surface area (Å²) in [4.78, 5) is 6.06. The van der Waals surface area contributed by atoms with Crippen molar-refractivity contribution in [3.63, 3.8) is 0 Å². The number of aromatic nitrogens is 3. The topological polar surface area (TPSA) is 90.9 Å². The van der Waals surface area contributed by atoms with Gasteiger partial charge in [0.2, 0.25) is 11.8 Å². The van der Waals surface area contributed by atoms with Crippen LogP contribution in [0, 0.1) is 22.7 Å². The van der Waals surface area contributed by atoms with Crippen LogP contribution in [0.2, 0.25) is 0 Å². The standard InChI is InChI=1S/C28H31F3N6O/c1-24(2)11-17(12-25(3,4)36-24)10-21-34-35-23(38-21)26-14-27(26,28(29,30)31)16-37(15-26)20-8-7-18(13-32)22-19(20)6-5-9-33-22/h5-9,17,36H,10-12,14-16H2,1-4H3/t26-,27-/m0/s1. The third-order valence-electron chi connectivity index (χ3n) is 8.68. The van der Waals surface area contributed by atoms with E-state index in [2.05, 4.69) is 54.3 Å². The molecule has 4 heterocycles. The van der Waals surface area contributed by atoms with Gasteiger partial charge in [-0.05, 0) is 77.1 Å². The fraction of sp³-hybridized carbons (Fsp3) is 0.571. The molecular formula is C28H31F3N6O. The molecule has 2 aliphatic heterocycles. The second-order valence-electron chi connectivity index (χ2n) is 12.7. The van der Waals surface area contributed by atoms with Crippen LogP contribution in [0.25, 0.3) is 10.9 Å². The number of hydrogen-bond donors (Lipinski definition) is 1. The molecule has 2 aromatic heterocycles. The van der Waals surface area contributed by atoms with Gasteiger partial charge in [-0.25, -0.2) is 0 Å². The van der Waals surface area contributed by atoms with Gasteiger partial charge in [0.15, 0.2) is 0 Å². The minimum Gasteiger partial charge on any atom is -0.425 e. The van der Waals surface area contributed by atoms with Crippen LogP contribution in [0.5, 0.6) is 0 Å². The van der Waals surface area contributed by atoms with Crippen molar-refractivity contribution in [2.24, 2.45) is 11.3 Å². The lowest BCUT2D eigenvalue weighted by molar-refractivity contribution is -0.187. The number of pyridine rings is 1. The molecule has 1 aromatic carbocycles. The molecular weight excluding hydrogens is 493 g/mol. The SMILES string of the molecule is CC1(C)CC(Cc2nnc([C@]34CN(c5ccc(C#N)c6ncccc56)C[C@@]3(C(F)(F)F)C4)o2)CC(C)(C)N1. The Morgan fingerprint density at radius 2 is 1.84 bits per heavy atom. The maximum Gasteiger partial charge on any atom is 0.397 e. The van der Waals surface area contributed by atoms with E-state index >= 15 is 0 Å². The van der Waals surface area contributed by atoms with E-state index < -0.39 is 17.0 Å². The number of halogens is 3. The smallest absolute Gasteiger partial charge is 0.397 e. The van der Waals surface area contributed by atoms with Gasteiger partial charge in [-0.1, -0.05) is 0 Å². The fourth-order valence-corrected chi connectivity index (χ4v) is 7.55. The molecule has 10 heteroatoms. The first-order valence-electron chi connectivity index (χ1n) is 13.0. The van der Waals surface area contributed by atoms with Gasteiger partial charge >= 0.3 is 6.18 Å². The molecule has 38 heavy (non-hydrogen) atoms. The lowest BCUT2D eigenvalue weighted by Crippen LogP contribution is -2.58. The summed E-state index contributed by atoms with van der Waals surface area (Å²) in [6.07, 6.45) is -0.537. The molecule has 0 radical (unpaired) electrons.